The largest absolute Gasteiger partial charge is 0.508 e. The molecule has 36 heavy (non-hydrogen) atoms. The molecule has 0 aliphatic heterocycles. The van der Waals surface area contributed by atoms with Gasteiger partial charge in [0.05, 0.1) is 11.5 Å². The molecule has 0 radical (unpaired) electrons. The Kier molecular flexibility index (Phi) is 7.55. The van der Waals surface area contributed by atoms with Gasteiger partial charge in [-0.1, -0.05) is 75.0 Å². The van der Waals surface area contributed by atoms with Gasteiger partial charge in [0, 0.05) is 11.3 Å². The van der Waals surface area contributed by atoms with Crippen molar-refractivity contribution in [2.75, 3.05) is 5.75 Å². The number of hydrogen-bond acceptors (Lipinski definition) is 6. The van der Waals surface area contributed by atoms with Crippen LogP contribution in [0.2, 0.25) is 0 Å². The number of phenolic OH excluding ortho intramolecular Hbond substituents is 1. The zero-order chi connectivity index (χ0) is 25.7. The number of hydrogen-bond donors (Lipinski definition) is 2. The minimum Gasteiger partial charge on any atom is -0.508 e. The molecule has 4 aromatic rings. The summed E-state index contributed by atoms with van der Waals surface area (Å²) in [5, 5.41) is 23.1. The van der Waals surface area contributed by atoms with Crippen LogP contribution in [0.1, 0.15) is 38.8 Å². The molecule has 0 saturated carbocycles. The third kappa shape index (κ3) is 6.01. The topological polar surface area (TPSA) is 92.4 Å². The number of thioether (sulfide) groups is 1. The fourth-order valence-corrected chi connectivity index (χ4v) is 4.30. The average Bonchev–Trinajstić information content (AvgIpc) is 3.30. The number of nitrogens with zero attached hydrogens (tertiary/aromatic N) is 4. The summed E-state index contributed by atoms with van der Waals surface area (Å²) in [5.74, 6) is 0.766. The van der Waals surface area contributed by atoms with E-state index in [2.05, 4.69) is 65.8 Å². The molecular formula is C28H29N5O2S. The Hall–Kier alpha value is -3.91. The van der Waals surface area contributed by atoms with Crippen LogP contribution in [0.4, 0.5) is 0 Å². The Morgan fingerprint density at radius 2 is 1.64 bits per heavy atom. The predicted octanol–water partition coefficient (Wildman–Crippen LogP) is 5.57. The van der Waals surface area contributed by atoms with Crippen LogP contribution in [0.15, 0.2) is 89.1 Å². The molecule has 0 atom stereocenters. The minimum absolute atomic E-state index is 0.0587. The SMILES string of the molecule is C/C(=N\NC(=O)CSc1nnc(-c2ccc(C(C)(C)C)cc2)n1-c1ccccc1)c1ccc(O)cc1. The van der Waals surface area contributed by atoms with Crippen molar-refractivity contribution in [3.05, 3.63) is 90.0 Å². The number of aromatic hydroxyl groups is 1. The lowest BCUT2D eigenvalue weighted by Gasteiger charge is -2.19. The Balaban J connectivity index is 1.53. The Bertz CT molecular complexity index is 1360. The minimum atomic E-state index is -0.253. The van der Waals surface area contributed by atoms with E-state index in [0.717, 1.165) is 16.8 Å². The first kappa shape index (κ1) is 25.2. The molecule has 1 heterocycles. The lowest BCUT2D eigenvalue weighted by atomic mass is 9.87. The summed E-state index contributed by atoms with van der Waals surface area (Å²) in [6, 6.07) is 24.9. The third-order valence-electron chi connectivity index (χ3n) is 5.62. The van der Waals surface area contributed by atoms with E-state index in [1.165, 1.54) is 17.3 Å². The summed E-state index contributed by atoms with van der Waals surface area (Å²) in [5.41, 5.74) is 7.21. The fourth-order valence-electron chi connectivity index (χ4n) is 3.56. The zero-order valence-corrected chi connectivity index (χ0v) is 21.6. The molecule has 8 heteroatoms. The van der Waals surface area contributed by atoms with Crippen LogP contribution in [0.3, 0.4) is 0 Å². The zero-order valence-electron chi connectivity index (χ0n) is 20.8. The van der Waals surface area contributed by atoms with E-state index in [0.29, 0.717) is 16.7 Å². The lowest BCUT2D eigenvalue weighted by molar-refractivity contribution is -0.118. The number of hydrazone groups is 1. The number of carbonyl (C=O) groups excluding carboxylic acids is 1. The van der Waals surface area contributed by atoms with Crippen molar-refractivity contribution in [2.24, 2.45) is 5.10 Å². The van der Waals surface area contributed by atoms with Crippen molar-refractivity contribution in [3.63, 3.8) is 0 Å². The summed E-state index contributed by atoms with van der Waals surface area (Å²) in [6.45, 7) is 8.35. The molecule has 4 rings (SSSR count). The first-order valence-electron chi connectivity index (χ1n) is 11.6. The molecule has 1 amide bonds. The van der Waals surface area contributed by atoms with Crippen LogP contribution in [0.25, 0.3) is 17.1 Å². The highest BCUT2D eigenvalue weighted by Gasteiger charge is 2.19. The van der Waals surface area contributed by atoms with Crippen LogP contribution in [0, 0.1) is 0 Å². The van der Waals surface area contributed by atoms with Gasteiger partial charge in [0.25, 0.3) is 5.91 Å². The van der Waals surface area contributed by atoms with E-state index in [4.69, 9.17) is 0 Å². The predicted molar refractivity (Wildman–Crippen MR) is 145 cm³/mol. The second-order valence-electron chi connectivity index (χ2n) is 9.37. The van der Waals surface area contributed by atoms with E-state index >= 15 is 0 Å². The molecule has 2 N–H and O–H groups in total. The van der Waals surface area contributed by atoms with Gasteiger partial charge in [-0.05, 0) is 59.9 Å². The molecule has 0 spiro atoms. The van der Waals surface area contributed by atoms with Gasteiger partial charge in [0.2, 0.25) is 0 Å². The number of amides is 1. The molecule has 3 aromatic carbocycles. The number of benzene rings is 3. The Morgan fingerprint density at radius 3 is 2.28 bits per heavy atom. The van der Waals surface area contributed by atoms with Gasteiger partial charge in [-0.3, -0.25) is 9.36 Å². The number of phenols is 1. The van der Waals surface area contributed by atoms with Crippen molar-refractivity contribution in [2.45, 2.75) is 38.3 Å². The first-order chi connectivity index (χ1) is 17.2. The molecule has 0 aliphatic rings. The van der Waals surface area contributed by atoms with Crippen molar-refractivity contribution in [1.82, 2.24) is 20.2 Å². The van der Waals surface area contributed by atoms with Gasteiger partial charge in [-0.25, -0.2) is 5.43 Å². The smallest absolute Gasteiger partial charge is 0.250 e. The highest BCUT2D eigenvalue weighted by atomic mass is 32.2. The van der Waals surface area contributed by atoms with E-state index in [1.54, 1.807) is 31.2 Å². The highest BCUT2D eigenvalue weighted by Crippen LogP contribution is 2.30. The maximum Gasteiger partial charge on any atom is 0.250 e. The normalized spacial score (nSPS) is 11.9. The standard InChI is InChI=1S/C28H29N5O2S/c1-19(20-12-16-24(34)17-13-20)29-30-25(35)18-36-27-32-31-26(33(27)23-8-6-5-7-9-23)21-10-14-22(15-11-21)28(2,3)4/h5-17,34H,18H2,1-4H3,(H,30,35)/b29-19+. The van der Waals surface area contributed by atoms with E-state index in [-0.39, 0.29) is 22.8 Å². The highest BCUT2D eigenvalue weighted by molar-refractivity contribution is 7.99. The number of rotatable bonds is 7. The summed E-state index contributed by atoms with van der Waals surface area (Å²) < 4.78 is 1.97. The van der Waals surface area contributed by atoms with E-state index < -0.39 is 0 Å². The van der Waals surface area contributed by atoms with Gasteiger partial charge in [0.1, 0.15) is 5.75 Å². The summed E-state index contributed by atoms with van der Waals surface area (Å²) >= 11 is 1.30. The average molecular weight is 500 g/mol. The quantitative estimate of drug-likeness (QED) is 0.197. The van der Waals surface area contributed by atoms with Crippen LogP contribution < -0.4 is 5.43 Å². The molecule has 1 aromatic heterocycles. The Labute approximate surface area is 215 Å². The van der Waals surface area contributed by atoms with Crippen molar-refractivity contribution in [1.29, 1.82) is 0 Å². The van der Waals surface area contributed by atoms with Gasteiger partial charge in [0.15, 0.2) is 11.0 Å². The van der Waals surface area contributed by atoms with Gasteiger partial charge < -0.3 is 5.11 Å². The van der Waals surface area contributed by atoms with E-state index in [9.17, 15) is 9.90 Å². The van der Waals surface area contributed by atoms with Crippen molar-refractivity contribution in [3.8, 4) is 22.8 Å². The second kappa shape index (κ2) is 10.8. The fraction of sp³-hybridized carbons (Fsp3) is 0.214. The summed E-state index contributed by atoms with van der Waals surface area (Å²) in [6.07, 6.45) is 0. The molecular weight excluding hydrogens is 470 g/mol. The second-order valence-corrected chi connectivity index (χ2v) is 10.3. The molecule has 0 unspecified atom stereocenters. The maximum absolute atomic E-state index is 12.5. The molecule has 0 fully saturated rings. The summed E-state index contributed by atoms with van der Waals surface area (Å²) in [7, 11) is 0. The van der Waals surface area contributed by atoms with Crippen LogP contribution in [0.5, 0.6) is 5.75 Å². The number of para-hydroxylation sites is 1. The van der Waals surface area contributed by atoms with E-state index in [1.807, 2.05) is 34.9 Å². The number of nitrogens with one attached hydrogen (secondary N) is 1. The molecule has 184 valence electrons. The summed E-state index contributed by atoms with van der Waals surface area (Å²) in [4.78, 5) is 12.5. The first-order valence-corrected chi connectivity index (χ1v) is 12.6. The van der Waals surface area contributed by atoms with Crippen LogP contribution >= 0.6 is 11.8 Å². The number of aromatic nitrogens is 3. The van der Waals surface area contributed by atoms with Crippen LogP contribution in [-0.4, -0.2) is 37.2 Å². The third-order valence-corrected chi connectivity index (χ3v) is 6.55. The molecule has 7 nitrogen and oxygen atoms in total. The monoisotopic (exact) mass is 499 g/mol. The van der Waals surface area contributed by atoms with Gasteiger partial charge in [-0.2, -0.15) is 5.10 Å². The molecule has 0 aliphatic carbocycles. The molecule has 0 bridgehead atoms. The lowest BCUT2D eigenvalue weighted by Crippen LogP contribution is -2.21. The van der Waals surface area contributed by atoms with Crippen molar-refractivity contribution < 1.29 is 9.90 Å². The van der Waals surface area contributed by atoms with Crippen LogP contribution in [-0.2, 0) is 10.2 Å². The van der Waals surface area contributed by atoms with Crippen molar-refractivity contribution >= 4 is 23.4 Å². The van der Waals surface area contributed by atoms with Gasteiger partial charge in [-0.15, -0.1) is 10.2 Å². The maximum atomic E-state index is 12.5. The Morgan fingerprint density at radius 1 is 0.972 bits per heavy atom. The number of carbonyl (C=O) groups is 1. The van der Waals surface area contributed by atoms with Gasteiger partial charge >= 0.3 is 0 Å². The molecule has 0 saturated heterocycles.